The highest BCUT2D eigenvalue weighted by Gasteiger charge is 2.27. The van der Waals surface area contributed by atoms with Crippen molar-refractivity contribution in [3.8, 4) is 10.4 Å². The van der Waals surface area contributed by atoms with Gasteiger partial charge in [-0.3, -0.25) is 9.69 Å². The maximum absolute atomic E-state index is 11.0. The minimum atomic E-state index is -0.690. The Bertz CT molecular complexity index is 701. The van der Waals surface area contributed by atoms with Crippen molar-refractivity contribution in [2.24, 2.45) is 5.92 Å². The van der Waals surface area contributed by atoms with E-state index in [1.807, 2.05) is 12.1 Å². The van der Waals surface area contributed by atoms with E-state index in [0.29, 0.717) is 16.6 Å². The highest BCUT2D eigenvalue weighted by molar-refractivity contribution is 7.15. The van der Waals surface area contributed by atoms with Gasteiger partial charge in [0, 0.05) is 22.8 Å². The molecule has 1 N–H and O–H groups in total. The Hall–Kier alpha value is -1.07. The minimum absolute atomic E-state index is 0.227. The average molecular weight is 356 g/mol. The monoisotopic (exact) mass is 355 g/mol. The van der Waals surface area contributed by atoms with Gasteiger partial charge in [-0.1, -0.05) is 29.3 Å². The molecule has 0 amide bonds. The molecule has 1 aliphatic heterocycles. The molecule has 1 aliphatic rings. The second-order valence-electron chi connectivity index (χ2n) is 5.45. The summed E-state index contributed by atoms with van der Waals surface area (Å²) in [4.78, 5) is 15.6. The van der Waals surface area contributed by atoms with E-state index in [-0.39, 0.29) is 5.92 Å². The van der Waals surface area contributed by atoms with Gasteiger partial charge in [0.1, 0.15) is 0 Å². The summed E-state index contributed by atoms with van der Waals surface area (Å²) in [5, 5.41) is 10.2. The van der Waals surface area contributed by atoms with E-state index in [9.17, 15) is 4.79 Å². The summed E-state index contributed by atoms with van der Waals surface area (Å²) in [6.07, 6.45) is 0.736. The first kappa shape index (κ1) is 15.8. The molecular weight excluding hydrogens is 341 g/mol. The number of carboxylic acids is 1. The van der Waals surface area contributed by atoms with Crippen LogP contribution in [0, 0.1) is 5.92 Å². The predicted octanol–water partition coefficient (Wildman–Crippen LogP) is 4.63. The average Bonchev–Trinajstić information content (AvgIpc) is 3.12. The van der Waals surface area contributed by atoms with E-state index in [4.69, 9.17) is 28.3 Å². The molecule has 1 saturated heterocycles. The van der Waals surface area contributed by atoms with Crippen LogP contribution in [0.1, 0.15) is 11.3 Å². The van der Waals surface area contributed by atoms with Crippen LogP contribution in [0.15, 0.2) is 30.3 Å². The zero-order chi connectivity index (χ0) is 15.7. The van der Waals surface area contributed by atoms with Crippen LogP contribution in [0.5, 0.6) is 0 Å². The molecule has 116 valence electrons. The van der Waals surface area contributed by atoms with E-state index < -0.39 is 5.97 Å². The molecule has 1 atom stereocenters. The third-order valence-electron chi connectivity index (χ3n) is 3.87. The summed E-state index contributed by atoms with van der Waals surface area (Å²) < 4.78 is 0. The summed E-state index contributed by atoms with van der Waals surface area (Å²) in [6.45, 7) is 2.28. The van der Waals surface area contributed by atoms with Crippen molar-refractivity contribution in [1.82, 2.24) is 4.90 Å². The Kier molecular flexibility index (Phi) is 4.73. The second kappa shape index (κ2) is 6.59. The lowest BCUT2D eigenvalue weighted by Gasteiger charge is -2.13. The molecule has 1 aromatic carbocycles. The summed E-state index contributed by atoms with van der Waals surface area (Å²) >= 11 is 13.7. The molecular formula is C16H15Cl2NO2S. The lowest BCUT2D eigenvalue weighted by Crippen LogP contribution is -2.22. The molecule has 1 fully saturated rings. The van der Waals surface area contributed by atoms with Crippen LogP contribution in [0.2, 0.25) is 10.0 Å². The number of carboxylic acid groups (broad SMARTS) is 1. The van der Waals surface area contributed by atoms with E-state index in [2.05, 4.69) is 17.0 Å². The molecule has 6 heteroatoms. The molecule has 3 rings (SSSR count). The number of benzene rings is 1. The smallest absolute Gasteiger partial charge is 0.307 e. The Labute approximate surface area is 143 Å². The maximum Gasteiger partial charge on any atom is 0.307 e. The van der Waals surface area contributed by atoms with Crippen LogP contribution in [0.3, 0.4) is 0 Å². The number of carbonyl (C=O) groups is 1. The van der Waals surface area contributed by atoms with Gasteiger partial charge >= 0.3 is 5.97 Å². The molecule has 22 heavy (non-hydrogen) atoms. The number of rotatable bonds is 4. The van der Waals surface area contributed by atoms with Gasteiger partial charge in [0.25, 0.3) is 0 Å². The van der Waals surface area contributed by atoms with Gasteiger partial charge in [-0.2, -0.15) is 0 Å². The van der Waals surface area contributed by atoms with Crippen molar-refractivity contribution >= 4 is 40.5 Å². The van der Waals surface area contributed by atoms with Gasteiger partial charge in [-0.25, -0.2) is 0 Å². The number of hydrogen-bond donors (Lipinski definition) is 1. The topological polar surface area (TPSA) is 40.5 Å². The number of halogens is 2. The maximum atomic E-state index is 11.0. The van der Waals surface area contributed by atoms with E-state index >= 15 is 0 Å². The molecule has 0 saturated carbocycles. The van der Waals surface area contributed by atoms with Crippen LogP contribution >= 0.6 is 34.5 Å². The van der Waals surface area contributed by atoms with Crippen LogP contribution in [0.25, 0.3) is 10.4 Å². The molecule has 1 aromatic heterocycles. The normalized spacial score (nSPS) is 18.7. The number of nitrogens with zero attached hydrogens (tertiary/aromatic N) is 1. The van der Waals surface area contributed by atoms with Crippen molar-refractivity contribution in [3.05, 3.63) is 45.3 Å². The van der Waals surface area contributed by atoms with E-state index in [1.165, 1.54) is 4.88 Å². The predicted molar refractivity (Wildman–Crippen MR) is 90.8 cm³/mol. The minimum Gasteiger partial charge on any atom is -0.481 e. The molecule has 3 nitrogen and oxygen atoms in total. The van der Waals surface area contributed by atoms with Crippen molar-refractivity contribution in [1.29, 1.82) is 0 Å². The SMILES string of the molecule is O=C(O)C1CCN(Cc2ccc(-c3ccc(Cl)c(Cl)c3)s2)C1. The van der Waals surface area contributed by atoms with Crippen LogP contribution in [0.4, 0.5) is 0 Å². The summed E-state index contributed by atoms with van der Waals surface area (Å²) in [6, 6.07) is 9.80. The third-order valence-corrected chi connectivity index (χ3v) is 5.72. The van der Waals surface area contributed by atoms with Gasteiger partial charge in [-0.05, 0) is 42.8 Å². The largest absolute Gasteiger partial charge is 0.481 e. The van der Waals surface area contributed by atoms with E-state index in [0.717, 1.165) is 30.0 Å². The van der Waals surface area contributed by atoms with Crippen molar-refractivity contribution in [2.45, 2.75) is 13.0 Å². The first-order chi connectivity index (χ1) is 10.5. The van der Waals surface area contributed by atoms with Crippen molar-refractivity contribution in [3.63, 3.8) is 0 Å². The van der Waals surface area contributed by atoms with Crippen LogP contribution in [-0.2, 0) is 11.3 Å². The lowest BCUT2D eigenvalue weighted by molar-refractivity contribution is -0.141. The molecule has 2 aromatic rings. The molecule has 0 aliphatic carbocycles. The first-order valence-electron chi connectivity index (χ1n) is 7.02. The molecule has 2 heterocycles. The highest BCUT2D eigenvalue weighted by Crippen LogP contribution is 2.33. The highest BCUT2D eigenvalue weighted by atomic mass is 35.5. The summed E-state index contributed by atoms with van der Waals surface area (Å²) in [7, 11) is 0. The lowest BCUT2D eigenvalue weighted by atomic mass is 10.1. The van der Waals surface area contributed by atoms with Gasteiger partial charge < -0.3 is 5.11 Å². The molecule has 0 spiro atoms. The number of likely N-dealkylation sites (tertiary alicyclic amines) is 1. The zero-order valence-electron chi connectivity index (χ0n) is 11.8. The van der Waals surface area contributed by atoms with E-state index in [1.54, 1.807) is 17.4 Å². The fraction of sp³-hybridized carbons (Fsp3) is 0.312. The zero-order valence-corrected chi connectivity index (χ0v) is 14.1. The van der Waals surface area contributed by atoms with Crippen LogP contribution < -0.4 is 0 Å². The Morgan fingerprint density at radius 1 is 1.27 bits per heavy atom. The van der Waals surface area contributed by atoms with Crippen molar-refractivity contribution in [2.75, 3.05) is 13.1 Å². The molecule has 0 radical (unpaired) electrons. The fourth-order valence-electron chi connectivity index (χ4n) is 2.67. The number of aliphatic carboxylic acids is 1. The first-order valence-corrected chi connectivity index (χ1v) is 8.59. The second-order valence-corrected chi connectivity index (χ2v) is 7.44. The Morgan fingerprint density at radius 3 is 2.77 bits per heavy atom. The quantitative estimate of drug-likeness (QED) is 0.868. The number of hydrogen-bond acceptors (Lipinski definition) is 3. The summed E-state index contributed by atoms with van der Waals surface area (Å²) in [5.41, 5.74) is 1.05. The molecule has 0 bridgehead atoms. The Balaban J connectivity index is 1.69. The van der Waals surface area contributed by atoms with Gasteiger partial charge in [-0.15, -0.1) is 11.3 Å². The van der Waals surface area contributed by atoms with Gasteiger partial charge in [0.05, 0.1) is 16.0 Å². The van der Waals surface area contributed by atoms with Gasteiger partial charge in [0.15, 0.2) is 0 Å². The van der Waals surface area contributed by atoms with Gasteiger partial charge in [0.2, 0.25) is 0 Å². The summed E-state index contributed by atoms with van der Waals surface area (Å²) in [5.74, 6) is -0.917. The fourth-order valence-corrected chi connectivity index (χ4v) is 4.01. The van der Waals surface area contributed by atoms with Crippen LogP contribution in [-0.4, -0.2) is 29.1 Å². The Morgan fingerprint density at radius 2 is 2.09 bits per heavy atom. The van der Waals surface area contributed by atoms with Crippen molar-refractivity contribution < 1.29 is 9.90 Å². The third kappa shape index (κ3) is 3.46. The molecule has 1 unspecified atom stereocenters. The standard InChI is InChI=1S/C16H15Cl2NO2S/c17-13-3-1-10(7-14(13)18)15-4-2-12(22-15)9-19-6-5-11(8-19)16(20)21/h1-4,7,11H,5-6,8-9H2,(H,20,21). The number of thiophene rings is 1.